The van der Waals surface area contributed by atoms with Gasteiger partial charge in [-0.05, 0) is 49.8 Å². The van der Waals surface area contributed by atoms with Crippen molar-refractivity contribution >= 4 is 17.7 Å². The molecule has 8 heteroatoms. The first-order chi connectivity index (χ1) is 10.4. The highest BCUT2D eigenvalue weighted by Crippen LogP contribution is 2.22. The van der Waals surface area contributed by atoms with E-state index in [1.165, 1.54) is 11.8 Å². The molecule has 0 radical (unpaired) electrons. The van der Waals surface area contributed by atoms with Gasteiger partial charge in [0.25, 0.3) is 0 Å². The molecular weight excluding hydrogens is 302 g/mol. The van der Waals surface area contributed by atoms with Crippen LogP contribution in [-0.2, 0) is 11.3 Å². The van der Waals surface area contributed by atoms with E-state index in [1.807, 2.05) is 39.8 Å². The Bertz CT molecular complexity index is 609. The van der Waals surface area contributed by atoms with Gasteiger partial charge in [-0.15, -0.1) is 5.10 Å². The van der Waals surface area contributed by atoms with Crippen molar-refractivity contribution in [1.29, 1.82) is 0 Å². The van der Waals surface area contributed by atoms with Gasteiger partial charge in [-0.25, -0.2) is 4.68 Å². The predicted octanol–water partition coefficient (Wildman–Crippen LogP) is 2.10. The highest BCUT2D eigenvalue weighted by atomic mass is 32.2. The number of thioether (sulfide) groups is 1. The van der Waals surface area contributed by atoms with Gasteiger partial charge < -0.3 is 9.73 Å². The maximum atomic E-state index is 12.2. The van der Waals surface area contributed by atoms with Crippen molar-refractivity contribution in [3.05, 3.63) is 24.2 Å². The average Bonchev–Trinajstić information content (AvgIpc) is 3.11. The number of carbonyl (C=O) groups is 1. The standard InChI is InChI=1S/C14H21N5O2S/c1-5-14(3,4)15-12(20)10(2)22-13-16-17-18-19(13)9-11-7-6-8-21-11/h6-8,10H,5,9H2,1-4H3,(H,15,20). The van der Waals surface area contributed by atoms with Gasteiger partial charge in [-0.2, -0.15) is 0 Å². The third-order valence-electron chi connectivity index (χ3n) is 3.38. The molecule has 7 nitrogen and oxygen atoms in total. The minimum Gasteiger partial charge on any atom is -0.467 e. The minimum absolute atomic E-state index is 0.0237. The quantitative estimate of drug-likeness (QED) is 0.785. The van der Waals surface area contributed by atoms with E-state index in [0.29, 0.717) is 11.7 Å². The number of rotatable bonds is 7. The number of hydrogen-bond acceptors (Lipinski definition) is 6. The summed E-state index contributed by atoms with van der Waals surface area (Å²) >= 11 is 1.33. The van der Waals surface area contributed by atoms with E-state index >= 15 is 0 Å². The first kappa shape index (κ1) is 16.5. The van der Waals surface area contributed by atoms with Crippen LogP contribution < -0.4 is 5.32 Å². The molecule has 1 N–H and O–H groups in total. The van der Waals surface area contributed by atoms with Crippen LogP contribution in [0.4, 0.5) is 0 Å². The number of amides is 1. The normalized spacial score (nSPS) is 13.1. The zero-order valence-electron chi connectivity index (χ0n) is 13.2. The molecule has 0 spiro atoms. The van der Waals surface area contributed by atoms with Gasteiger partial charge in [0.15, 0.2) is 0 Å². The smallest absolute Gasteiger partial charge is 0.233 e. The van der Waals surface area contributed by atoms with Crippen molar-refractivity contribution in [1.82, 2.24) is 25.5 Å². The molecule has 2 heterocycles. The first-order valence-electron chi connectivity index (χ1n) is 7.18. The van der Waals surface area contributed by atoms with Crippen LogP contribution in [0.1, 0.15) is 39.9 Å². The van der Waals surface area contributed by atoms with E-state index in [9.17, 15) is 4.79 Å². The number of aromatic nitrogens is 4. The lowest BCUT2D eigenvalue weighted by molar-refractivity contribution is -0.121. The Balaban J connectivity index is 1.99. The molecule has 0 aliphatic carbocycles. The van der Waals surface area contributed by atoms with E-state index in [4.69, 9.17) is 4.42 Å². The molecule has 2 aromatic heterocycles. The molecule has 0 saturated carbocycles. The molecule has 1 unspecified atom stereocenters. The second kappa shape index (κ2) is 6.95. The third kappa shape index (κ3) is 4.33. The molecule has 1 amide bonds. The fraction of sp³-hybridized carbons (Fsp3) is 0.571. The van der Waals surface area contributed by atoms with Gasteiger partial charge in [-0.1, -0.05) is 18.7 Å². The lowest BCUT2D eigenvalue weighted by Gasteiger charge is -2.26. The molecule has 0 aliphatic rings. The average molecular weight is 323 g/mol. The van der Waals surface area contributed by atoms with Crippen LogP contribution >= 0.6 is 11.8 Å². The fourth-order valence-corrected chi connectivity index (χ4v) is 2.45. The summed E-state index contributed by atoms with van der Waals surface area (Å²) in [6.07, 6.45) is 2.47. The summed E-state index contributed by atoms with van der Waals surface area (Å²) < 4.78 is 6.91. The molecule has 0 bridgehead atoms. The van der Waals surface area contributed by atoms with Crippen LogP contribution in [0.25, 0.3) is 0 Å². The zero-order valence-corrected chi connectivity index (χ0v) is 14.1. The molecule has 0 fully saturated rings. The van der Waals surface area contributed by atoms with Crippen LogP contribution in [0.2, 0.25) is 0 Å². The van der Waals surface area contributed by atoms with Crippen LogP contribution in [0.5, 0.6) is 0 Å². The van der Waals surface area contributed by atoms with Crippen molar-refractivity contribution in [3.63, 3.8) is 0 Å². The lowest BCUT2D eigenvalue weighted by Crippen LogP contribution is -2.46. The molecule has 22 heavy (non-hydrogen) atoms. The van der Waals surface area contributed by atoms with Crippen molar-refractivity contribution in [2.75, 3.05) is 0 Å². The predicted molar refractivity (Wildman–Crippen MR) is 83.5 cm³/mol. The Morgan fingerprint density at radius 1 is 1.55 bits per heavy atom. The number of tetrazole rings is 1. The number of carbonyl (C=O) groups excluding carboxylic acids is 1. The van der Waals surface area contributed by atoms with Crippen molar-refractivity contribution in [3.8, 4) is 0 Å². The van der Waals surface area contributed by atoms with Crippen LogP contribution in [0.15, 0.2) is 28.0 Å². The van der Waals surface area contributed by atoms with Crippen LogP contribution in [-0.4, -0.2) is 36.9 Å². The van der Waals surface area contributed by atoms with E-state index < -0.39 is 0 Å². The van der Waals surface area contributed by atoms with Gasteiger partial charge in [-0.3, -0.25) is 4.79 Å². The number of furan rings is 1. The zero-order chi connectivity index (χ0) is 16.2. The van der Waals surface area contributed by atoms with Crippen LogP contribution in [0, 0.1) is 0 Å². The van der Waals surface area contributed by atoms with E-state index in [1.54, 1.807) is 10.9 Å². The van der Waals surface area contributed by atoms with Crippen LogP contribution in [0.3, 0.4) is 0 Å². The van der Waals surface area contributed by atoms with Gasteiger partial charge in [0.1, 0.15) is 12.3 Å². The second-order valence-electron chi connectivity index (χ2n) is 5.69. The highest BCUT2D eigenvalue weighted by molar-refractivity contribution is 8.00. The maximum Gasteiger partial charge on any atom is 0.233 e. The van der Waals surface area contributed by atoms with Gasteiger partial charge in [0, 0.05) is 5.54 Å². The molecular formula is C14H21N5O2S. The summed E-state index contributed by atoms with van der Waals surface area (Å²) in [5, 5.41) is 14.9. The SMILES string of the molecule is CCC(C)(C)NC(=O)C(C)Sc1nnnn1Cc1ccco1. The van der Waals surface area contributed by atoms with E-state index in [2.05, 4.69) is 20.8 Å². The molecule has 1 atom stereocenters. The number of hydrogen-bond donors (Lipinski definition) is 1. The lowest BCUT2D eigenvalue weighted by atomic mass is 10.0. The monoisotopic (exact) mass is 323 g/mol. The third-order valence-corrected chi connectivity index (χ3v) is 4.45. The van der Waals surface area contributed by atoms with Gasteiger partial charge >= 0.3 is 0 Å². The van der Waals surface area contributed by atoms with E-state index in [0.717, 1.165) is 12.2 Å². The Morgan fingerprint density at radius 3 is 2.95 bits per heavy atom. The van der Waals surface area contributed by atoms with Gasteiger partial charge in [0.2, 0.25) is 11.1 Å². The Hall–Kier alpha value is -1.83. The minimum atomic E-state index is -0.285. The van der Waals surface area contributed by atoms with Crippen molar-refractivity contribution < 1.29 is 9.21 Å². The molecule has 120 valence electrons. The molecule has 0 saturated heterocycles. The molecule has 0 aromatic carbocycles. The Labute approximate surface area is 133 Å². The summed E-state index contributed by atoms with van der Waals surface area (Å²) in [6, 6.07) is 3.67. The number of nitrogens with one attached hydrogen (secondary N) is 1. The number of nitrogens with zero attached hydrogens (tertiary/aromatic N) is 4. The fourth-order valence-electron chi connectivity index (χ4n) is 1.67. The summed E-state index contributed by atoms with van der Waals surface area (Å²) in [4.78, 5) is 12.2. The largest absolute Gasteiger partial charge is 0.467 e. The summed E-state index contributed by atoms with van der Waals surface area (Å²) in [6.45, 7) is 8.34. The first-order valence-corrected chi connectivity index (χ1v) is 8.06. The van der Waals surface area contributed by atoms with Crippen molar-refractivity contribution in [2.45, 2.75) is 56.6 Å². The summed E-state index contributed by atoms with van der Waals surface area (Å²) in [5.74, 6) is 0.739. The highest BCUT2D eigenvalue weighted by Gasteiger charge is 2.24. The topological polar surface area (TPSA) is 85.8 Å². The molecule has 0 aliphatic heterocycles. The van der Waals surface area contributed by atoms with Gasteiger partial charge in [0.05, 0.1) is 11.5 Å². The second-order valence-corrected chi connectivity index (χ2v) is 6.99. The summed E-state index contributed by atoms with van der Waals surface area (Å²) in [7, 11) is 0. The summed E-state index contributed by atoms with van der Waals surface area (Å²) in [5.41, 5.74) is -0.216. The molecule has 2 aromatic rings. The Morgan fingerprint density at radius 2 is 2.32 bits per heavy atom. The maximum absolute atomic E-state index is 12.2. The van der Waals surface area contributed by atoms with E-state index in [-0.39, 0.29) is 16.7 Å². The van der Waals surface area contributed by atoms with Crippen molar-refractivity contribution in [2.24, 2.45) is 0 Å². The molecule has 2 rings (SSSR count). The Kier molecular flexibility index (Phi) is 5.23.